The van der Waals surface area contributed by atoms with Crippen molar-refractivity contribution in [2.75, 3.05) is 6.79 Å². The number of ether oxygens (including phenoxy) is 2. The lowest BCUT2D eigenvalue weighted by atomic mass is 9.91. The third-order valence-electron chi connectivity index (χ3n) is 7.52. The number of carbonyl (C=O) groups excluding carboxylic acids is 2. The summed E-state index contributed by atoms with van der Waals surface area (Å²) in [5.41, 5.74) is 0.979. The molecule has 1 atom stereocenters. The third kappa shape index (κ3) is 4.50. The van der Waals surface area contributed by atoms with E-state index in [1.165, 1.54) is 12.8 Å². The van der Waals surface area contributed by atoms with Gasteiger partial charge in [-0.05, 0) is 43.5 Å². The summed E-state index contributed by atoms with van der Waals surface area (Å²) in [6, 6.07) is 7.70. The van der Waals surface area contributed by atoms with Crippen LogP contribution >= 0.6 is 0 Å². The fourth-order valence-electron chi connectivity index (χ4n) is 5.24. The van der Waals surface area contributed by atoms with E-state index in [1.54, 1.807) is 9.58 Å². The van der Waals surface area contributed by atoms with Gasteiger partial charge in [0.1, 0.15) is 11.2 Å². The monoisotopic (exact) mass is 480 g/mol. The first kappa shape index (κ1) is 23.7. The minimum atomic E-state index is -1.08. The second-order valence-electron chi connectivity index (χ2n) is 11.3. The molecule has 2 amide bonds. The van der Waals surface area contributed by atoms with Crippen LogP contribution in [0.25, 0.3) is 0 Å². The Morgan fingerprint density at radius 3 is 2.54 bits per heavy atom. The lowest BCUT2D eigenvalue weighted by Gasteiger charge is -2.44. The summed E-state index contributed by atoms with van der Waals surface area (Å²) in [5, 5.41) is 8.05. The van der Waals surface area contributed by atoms with Crippen LogP contribution < -0.4 is 14.8 Å². The van der Waals surface area contributed by atoms with Crippen LogP contribution in [0.4, 0.5) is 0 Å². The maximum absolute atomic E-state index is 13.9. The van der Waals surface area contributed by atoms with Crippen molar-refractivity contribution in [2.24, 2.45) is 0 Å². The van der Waals surface area contributed by atoms with E-state index in [1.807, 2.05) is 31.2 Å². The van der Waals surface area contributed by atoms with Gasteiger partial charge >= 0.3 is 0 Å². The van der Waals surface area contributed by atoms with Crippen LogP contribution in [-0.4, -0.2) is 44.9 Å². The molecule has 5 rings (SSSR count). The predicted molar refractivity (Wildman–Crippen MR) is 131 cm³/mol. The average molecular weight is 481 g/mol. The second kappa shape index (κ2) is 8.88. The van der Waals surface area contributed by atoms with Crippen LogP contribution in [0, 0.1) is 0 Å². The Morgan fingerprint density at radius 2 is 1.83 bits per heavy atom. The van der Waals surface area contributed by atoms with E-state index in [4.69, 9.17) is 14.6 Å². The van der Waals surface area contributed by atoms with Crippen molar-refractivity contribution in [3.8, 4) is 11.5 Å². The third-order valence-corrected chi connectivity index (χ3v) is 7.52. The van der Waals surface area contributed by atoms with Crippen molar-refractivity contribution >= 4 is 11.8 Å². The fourth-order valence-corrected chi connectivity index (χ4v) is 5.24. The summed E-state index contributed by atoms with van der Waals surface area (Å²) in [7, 11) is 0. The molecule has 0 unspecified atom stereocenters. The number of benzene rings is 1. The molecule has 0 spiro atoms. The van der Waals surface area contributed by atoms with Crippen molar-refractivity contribution in [1.82, 2.24) is 20.0 Å². The Balaban J connectivity index is 1.49. The van der Waals surface area contributed by atoms with Crippen molar-refractivity contribution < 1.29 is 19.1 Å². The molecule has 1 fully saturated rings. The lowest BCUT2D eigenvalue weighted by Crippen LogP contribution is -2.64. The number of hydrogen-bond donors (Lipinski definition) is 1. The SMILES string of the molecule is CC(C)(C)c1cc2n(n1)C[C@](C)(C(=O)NC1CCCCCC1)N(Cc1ccc3c(c1)OCO3)C2=O. The van der Waals surface area contributed by atoms with Gasteiger partial charge < -0.3 is 19.7 Å². The molecule has 188 valence electrons. The molecule has 8 nitrogen and oxygen atoms in total. The largest absolute Gasteiger partial charge is 0.454 e. The Labute approximate surface area is 207 Å². The molecule has 2 aromatic rings. The van der Waals surface area contributed by atoms with Gasteiger partial charge in [-0.25, -0.2) is 0 Å². The van der Waals surface area contributed by atoms with E-state index in [-0.39, 0.29) is 30.1 Å². The molecule has 0 saturated heterocycles. The molecule has 2 aliphatic heterocycles. The first-order chi connectivity index (χ1) is 16.6. The normalized spacial score (nSPS) is 22.6. The number of carbonyl (C=O) groups is 2. The van der Waals surface area contributed by atoms with Crippen LogP contribution in [0.5, 0.6) is 11.5 Å². The zero-order valence-corrected chi connectivity index (χ0v) is 21.2. The number of hydrogen-bond acceptors (Lipinski definition) is 5. The highest BCUT2D eigenvalue weighted by Crippen LogP contribution is 2.36. The quantitative estimate of drug-likeness (QED) is 0.664. The van der Waals surface area contributed by atoms with E-state index in [9.17, 15) is 9.59 Å². The Morgan fingerprint density at radius 1 is 1.11 bits per heavy atom. The molecule has 0 bridgehead atoms. The summed E-state index contributed by atoms with van der Waals surface area (Å²) in [5.74, 6) is 1.06. The zero-order valence-electron chi connectivity index (χ0n) is 21.2. The molecule has 1 aromatic carbocycles. The number of fused-ring (bicyclic) bond motifs is 2. The van der Waals surface area contributed by atoms with Crippen molar-refractivity contribution in [2.45, 2.75) is 96.3 Å². The van der Waals surface area contributed by atoms with Gasteiger partial charge in [-0.1, -0.05) is 52.5 Å². The highest BCUT2D eigenvalue weighted by atomic mass is 16.7. The zero-order chi connectivity index (χ0) is 24.8. The van der Waals surface area contributed by atoms with Crippen LogP contribution in [-0.2, 0) is 23.3 Å². The molecule has 35 heavy (non-hydrogen) atoms. The minimum Gasteiger partial charge on any atom is -0.454 e. The van der Waals surface area contributed by atoms with E-state index >= 15 is 0 Å². The summed E-state index contributed by atoms with van der Waals surface area (Å²) in [6.07, 6.45) is 6.65. The van der Waals surface area contributed by atoms with Crippen LogP contribution in [0.1, 0.15) is 88.0 Å². The molecule has 8 heteroatoms. The first-order valence-electron chi connectivity index (χ1n) is 12.7. The summed E-state index contributed by atoms with van der Waals surface area (Å²) in [6.45, 7) is 8.90. The van der Waals surface area contributed by atoms with Gasteiger partial charge in [-0.3, -0.25) is 14.3 Å². The smallest absolute Gasteiger partial charge is 0.273 e. The Hall–Kier alpha value is -3.03. The van der Waals surface area contributed by atoms with Gasteiger partial charge in [0.2, 0.25) is 12.7 Å². The van der Waals surface area contributed by atoms with Crippen molar-refractivity contribution in [3.05, 3.63) is 41.2 Å². The van der Waals surface area contributed by atoms with Gasteiger partial charge in [0.25, 0.3) is 5.91 Å². The summed E-state index contributed by atoms with van der Waals surface area (Å²) < 4.78 is 12.7. The fraction of sp³-hybridized carbons (Fsp3) is 0.593. The van der Waals surface area contributed by atoms with Crippen LogP contribution in [0.2, 0.25) is 0 Å². The molecular formula is C27H36N4O4. The predicted octanol–water partition coefficient (Wildman–Crippen LogP) is 4.16. The van der Waals surface area contributed by atoms with Crippen molar-refractivity contribution in [3.63, 3.8) is 0 Å². The van der Waals surface area contributed by atoms with Gasteiger partial charge in [0.05, 0.1) is 12.2 Å². The molecule has 1 aromatic heterocycles. The number of aromatic nitrogens is 2. The van der Waals surface area contributed by atoms with Gasteiger partial charge in [0, 0.05) is 18.0 Å². The molecule has 3 aliphatic rings. The molecule has 3 heterocycles. The molecule has 1 aliphatic carbocycles. The molecule has 1 N–H and O–H groups in total. The van der Waals surface area contributed by atoms with E-state index in [2.05, 4.69) is 26.1 Å². The average Bonchev–Trinajstić information content (AvgIpc) is 3.37. The van der Waals surface area contributed by atoms with Gasteiger partial charge in [-0.15, -0.1) is 0 Å². The number of amides is 2. The second-order valence-corrected chi connectivity index (χ2v) is 11.3. The lowest BCUT2D eigenvalue weighted by molar-refractivity contribution is -0.134. The number of rotatable bonds is 4. The standard InChI is InChI=1S/C27H36N4O4/c1-26(2,3)23-14-20-24(32)30(15-18-11-12-21-22(13-18)35-17-34-21)27(4,16-31(20)29-23)25(33)28-19-9-7-5-6-8-10-19/h11-14,19H,5-10,15-17H2,1-4H3,(H,28,33)/t27-/m1/s1. The summed E-state index contributed by atoms with van der Waals surface area (Å²) in [4.78, 5) is 29.5. The Kier molecular flexibility index (Phi) is 6.01. The molecule has 0 radical (unpaired) electrons. The molecular weight excluding hydrogens is 444 g/mol. The highest BCUT2D eigenvalue weighted by molar-refractivity contribution is 5.99. The van der Waals surface area contributed by atoms with E-state index in [0.717, 1.165) is 36.9 Å². The first-order valence-corrected chi connectivity index (χ1v) is 12.7. The minimum absolute atomic E-state index is 0.114. The topological polar surface area (TPSA) is 85.7 Å². The Bertz CT molecular complexity index is 1130. The van der Waals surface area contributed by atoms with Gasteiger partial charge in [-0.2, -0.15) is 5.10 Å². The van der Waals surface area contributed by atoms with Crippen LogP contribution in [0.15, 0.2) is 24.3 Å². The van der Waals surface area contributed by atoms with Gasteiger partial charge in [0.15, 0.2) is 11.5 Å². The maximum Gasteiger partial charge on any atom is 0.273 e. The number of nitrogens with zero attached hydrogens (tertiary/aromatic N) is 3. The maximum atomic E-state index is 13.9. The summed E-state index contributed by atoms with van der Waals surface area (Å²) >= 11 is 0. The van der Waals surface area contributed by atoms with Crippen molar-refractivity contribution in [1.29, 1.82) is 0 Å². The van der Waals surface area contributed by atoms with Crippen LogP contribution in [0.3, 0.4) is 0 Å². The van der Waals surface area contributed by atoms with E-state index in [0.29, 0.717) is 30.3 Å². The molecule has 1 saturated carbocycles. The number of nitrogens with one attached hydrogen (secondary N) is 1. The highest BCUT2D eigenvalue weighted by Gasteiger charge is 2.48. The van der Waals surface area contributed by atoms with E-state index < -0.39 is 5.54 Å².